The molecular formula is C23H32O3. The van der Waals surface area contributed by atoms with E-state index in [-0.39, 0.29) is 17.3 Å². The third-order valence-corrected chi connectivity index (χ3v) is 8.91. The number of hydrogen-bond acceptors (Lipinski definition) is 3. The fraction of sp³-hybridized carbons (Fsp3) is 0.783. The molecule has 0 radical (unpaired) electrons. The molecular weight excluding hydrogens is 324 g/mol. The summed E-state index contributed by atoms with van der Waals surface area (Å²) in [6, 6.07) is 0. The van der Waals surface area contributed by atoms with Crippen molar-refractivity contribution in [2.24, 2.45) is 35.0 Å². The Hall–Kier alpha value is -0.930. The van der Waals surface area contributed by atoms with Crippen molar-refractivity contribution in [1.82, 2.24) is 0 Å². The summed E-state index contributed by atoms with van der Waals surface area (Å²) in [5.41, 5.74) is 1.57. The fourth-order valence-electron chi connectivity index (χ4n) is 7.74. The predicted molar refractivity (Wildman–Crippen MR) is 100 cm³/mol. The van der Waals surface area contributed by atoms with Gasteiger partial charge in [-0.25, -0.2) is 0 Å². The van der Waals surface area contributed by atoms with Gasteiger partial charge in [0.15, 0.2) is 12.1 Å². The number of hydrogen-bond donors (Lipinski definition) is 0. The van der Waals surface area contributed by atoms with Gasteiger partial charge in [0.1, 0.15) is 0 Å². The van der Waals surface area contributed by atoms with Crippen LogP contribution < -0.4 is 0 Å². The van der Waals surface area contributed by atoms with Gasteiger partial charge >= 0.3 is 0 Å². The van der Waals surface area contributed by atoms with Crippen molar-refractivity contribution in [2.45, 2.75) is 70.7 Å². The molecule has 5 rings (SSSR count). The van der Waals surface area contributed by atoms with E-state index < -0.39 is 0 Å². The Morgan fingerprint density at radius 2 is 2.08 bits per heavy atom. The second kappa shape index (κ2) is 5.78. The molecule has 3 fully saturated rings. The third-order valence-electron chi connectivity index (χ3n) is 8.91. The summed E-state index contributed by atoms with van der Waals surface area (Å²) in [4.78, 5) is 11.9. The Labute approximate surface area is 157 Å². The van der Waals surface area contributed by atoms with Gasteiger partial charge in [0, 0.05) is 18.9 Å². The maximum Gasteiger partial charge on any atom is 0.177 e. The van der Waals surface area contributed by atoms with Crippen LogP contribution in [0.1, 0.15) is 58.8 Å². The normalized spacial score (nSPS) is 52.6. The van der Waals surface area contributed by atoms with Gasteiger partial charge < -0.3 is 9.47 Å². The van der Waals surface area contributed by atoms with Crippen LogP contribution in [-0.2, 0) is 14.3 Å². The van der Waals surface area contributed by atoms with Crippen molar-refractivity contribution in [3.63, 3.8) is 0 Å². The molecule has 0 saturated heterocycles. The number of rotatable bonds is 1. The molecule has 0 aromatic carbocycles. The number of carbonyl (C=O) groups is 1. The minimum Gasteiger partial charge on any atom is -0.352 e. The summed E-state index contributed by atoms with van der Waals surface area (Å²) < 4.78 is 12.0. The predicted octanol–water partition coefficient (Wildman–Crippen LogP) is 4.67. The summed E-state index contributed by atoms with van der Waals surface area (Å²) in [7, 11) is 1.74. The molecule has 0 aromatic heterocycles. The van der Waals surface area contributed by atoms with Crippen molar-refractivity contribution in [3.05, 3.63) is 23.8 Å². The zero-order chi connectivity index (χ0) is 18.1. The van der Waals surface area contributed by atoms with Crippen molar-refractivity contribution in [3.8, 4) is 0 Å². The SMILES string of the molecule is COC1C=C[C@@]2(CCC3C4C(CC[C@@]32C)[C@H]2CCC(=O)C=C2C[C@H]4C)O1. The molecule has 0 aromatic rings. The lowest BCUT2D eigenvalue weighted by molar-refractivity contribution is -0.193. The molecule has 4 aliphatic carbocycles. The first kappa shape index (κ1) is 17.2. The Bertz CT molecular complexity index is 679. The topological polar surface area (TPSA) is 35.5 Å². The van der Waals surface area contributed by atoms with Gasteiger partial charge in [-0.2, -0.15) is 0 Å². The average molecular weight is 357 g/mol. The first-order valence-electron chi connectivity index (χ1n) is 10.6. The molecule has 1 spiro atoms. The third kappa shape index (κ3) is 2.16. The maximum atomic E-state index is 11.9. The summed E-state index contributed by atoms with van der Waals surface area (Å²) in [6.07, 6.45) is 14.2. The smallest absolute Gasteiger partial charge is 0.177 e. The van der Waals surface area contributed by atoms with Crippen LogP contribution in [0.25, 0.3) is 0 Å². The highest BCUT2D eigenvalue weighted by atomic mass is 16.7. The zero-order valence-electron chi connectivity index (χ0n) is 16.4. The van der Waals surface area contributed by atoms with Gasteiger partial charge in [0.05, 0.1) is 5.60 Å². The van der Waals surface area contributed by atoms with Crippen molar-refractivity contribution >= 4 is 5.78 Å². The fourth-order valence-corrected chi connectivity index (χ4v) is 7.74. The molecule has 3 nitrogen and oxygen atoms in total. The van der Waals surface area contributed by atoms with Crippen LogP contribution in [-0.4, -0.2) is 24.8 Å². The lowest BCUT2D eigenvalue weighted by Crippen LogP contribution is -2.54. The van der Waals surface area contributed by atoms with Crippen molar-refractivity contribution < 1.29 is 14.3 Å². The molecule has 4 unspecified atom stereocenters. The van der Waals surface area contributed by atoms with Gasteiger partial charge in [-0.05, 0) is 80.3 Å². The van der Waals surface area contributed by atoms with Crippen LogP contribution in [0.3, 0.4) is 0 Å². The van der Waals surface area contributed by atoms with E-state index >= 15 is 0 Å². The van der Waals surface area contributed by atoms with Gasteiger partial charge in [-0.15, -0.1) is 0 Å². The standard InChI is InChI=1S/C23H32O3/c1-14-12-15-13-16(24)4-5-17(15)18-6-9-22(2)19(21(14)18)7-10-23(22)11-8-20(25-3)26-23/h8,11,13-14,17-21H,4-7,9-10,12H2,1-3H3/t14-,17+,18?,19?,20?,21?,22+,23-/m1/s1. The Balaban J connectivity index is 1.47. The Kier molecular flexibility index (Phi) is 3.82. The summed E-state index contributed by atoms with van der Waals surface area (Å²) >= 11 is 0. The Morgan fingerprint density at radius 1 is 1.23 bits per heavy atom. The van der Waals surface area contributed by atoms with E-state index in [1.807, 2.05) is 6.08 Å². The lowest BCUT2D eigenvalue weighted by Gasteiger charge is -2.57. The summed E-state index contributed by atoms with van der Waals surface area (Å²) in [5.74, 6) is 3.99. The quantitative estimate of drug-likeness (QED) is 0.640. The molecule has 0 bridgehead atoms. The first-order valence-corrected chi connectivity index (χ1v) is 10.6. The van der Waals surface area contributed by atoms with E-state index in [1.165, 1.54) is 24.8 Å². The van der Waals surface area contributed by atoms with Gasteiger partial charge in [-0.1, -0.05) is 25.5 Å². The molecule has 3 heteroatoms. The van der Waals surface area contributed by atoms with Crippen LogP contribution in [0.15, 0.2) is 23.8 Å². The first-order chi connectivity index (χ1) is 12.5. The number of carbonyl (C=O) groups excluding carboxylic acids is 1. The zero-order valence-corrected chi connectivity index (χ0v) is 16.4. The van der Waals surface area contributed by atoms with E-state index in [4.69, 9.17) is 9.47 Å². The van der Waals surface area contributed by atoms with Crippen molar-refractivity contribution in [1.29, 1.82) is 0 Å². The number of fused-ring (bicyclic) bond motifs is 6. The second-order valence-electron chi connectivity index (χ2n) is 9.83. The highest BCUT2D eigenvalue weighted by Gasteiger charge is 2.65. The van der Waals surface area contributed by atoms with Crippen LogP contribution in [0, 0.1) is 35.0 Å². The van der Waals surface area contributed by atoms with Crippen molar-refractivity contribution in [2.75, 3.05) is 7.11 Å². The van der Waals surface area contributed by atoms with E-state index in [0.717, 1.165) is 43.4 Å². The minimum absolute atomic E-state index is 0.123. The van der Waals surface area contributed by atoms with Crippen LogP contribution in [0.5, 0.6) is 0 Å². The molecule has 5 aliphatic rings. The second-order valence-corrected chi connectivity index (χ2v) is 9.83. The van der Waals surface area contributed by atoms with E-state index in [1.54, 1.807) is 7.11 Å². The number of allylic oxidation sites excluding steroid dienone is 1. The van der Waals surface area contributed by atoms with Gasteiger partial charge in [0.25, 0.3) is 0 Å². The molecule has 8 atom stereocenters. The largest absolute Gasteiger partial charge is 0.352 e. The summed E-state index contributed by atoms with van der Waals surface area (Å²) in [6.45, 7) is 4.93. The molecule has 142 valence electrons. The van der Waals surface area contributed by atoms with Crippen LogP contribution >= 0.6 is 0 Å². The van der Waals surface area contributed by atoms with Gasteiger partial charge in [-0.3, -0.25) is 4.79 Å². The monoisotopic (exact) mass is 356 g/mol. The highest BCUT2D eigenvalue weighted by Crippen LogP contribution is 2.67. The summed E-state index contributed by atoms with van der Waals surface area (Å²) in [5, 5.41) is 0. The molecule has 1 aliphatic heterocycles. The number of ether oxygens (including phenoxy) is 2. The minimum atomic E-state index is -0.175. The Morgan fingerprint density at radius 3 is 2.85 bits per heavy atom. The molecule has 3 saturated carbocycles. The molecule has 1 heterocycles. The number of ketones is 1. The number of methoxy groups -OCH3 is 1. The molecule has 0 amide bonds. The van der Waals surface area contributed by atoms with E-state index in [9.17, 15) is 4.79 Å². The maximum absolute atomic E-state index is 11.9. The van der Waals surface area contributed by atoms with Crippen LogP contribution in [0.2, 0.25) is 0 Å². The van der Waals surface area contributed by atoms with E-state index in [0.29, 0.717) is 17.6 Å². The average Bonchev–Trinajstić information content (AvgIpc) is 3.17. The highest BCUT2D eigenvalue weighted by molar-refractivity contribution is 5.91. The lowest BCUT2D eigenvalue weighted by atomic mass is 9.48. The molecule has 26 heavy (non-hydrogen) atoms. The molecule has 0 N–H and O–H groups in total. The van der Waals surface area contributed by atoms with E-state index in [2.05, 4.69) is 26.0 Å². The van der Waals surface area contributed by atoms with Crippen LogP contribution in [0.4, 0.5) is 0 Å². The van der Waals surface area contributed by atoms with Gasteiger partial charge in [0.2, 0.25) is 0 Å².